The zero-order valence-corrected chi connectivity index (χ0v) is 25.6. The van der Waals surface area contributed by atoms with Crippen LogP contribution in [-0.2, 0) is 16.8 Å². The first-order valence-electron chi connectivity index (χ1n) is 14.4. The lowest BCUT2D eigenvalue weighted by molar-refractivity contribution is -0.119. The minimum absolute atomic E-state index is 0.000569. The lowest BCUT2D eigenvalue weighted by Crippen LogP contribution is -2.42. The number of β-amino-alcohol motifs (C(OH)–C–C–N with tert-alkyl or cyclic N) is 1. The molecule has 0 unspecified atom stereocenters. The molecular formula is C32H41ClN6O2. The highest BCUT2D eigenvalue weighted by atomic mass is 35.5. The van der Waals surface area contributed by atoms with Crippen LogP contribution in [0.25, 0.3) is 0 Å². The van der Waals surface area contributed by atoms with Gasteiger partial charge < -0.3 is 26.0 Å². The van der Waals surface area contributed by atoms with Crippen LogP contribution in [0.5, 0.6) is 0 Å². The van der Waals surface area contributed by atoms with Crippen LogP contribution in [0.2, 0.25) is 5.02 Å². The number of likely N-dealkylation sites (tertiary alicyclic amines) is 1. The third-order valence-corrected chi connectivity index (χ3v) is 8.77. The summed E-state index contributed by atoms with van der Waals surface area (Å²) >= 11 is 6.47. The summed E-state index contributed by atoms with van der Waals surface area (Å²) in [4.78, 5) is 23.9. The zero-order chi connectivity index (χ0) is 29.5. The maximum atomic E-state index is 12.5. The van der Waals surface area contributed by atoms with Gasteiger partial charge in [0.1, 0.15) is 5.02 Å². The maximum absolute atomic E-state index is 12.5. The Hall–Kier alpha value is -3.20. The molecule has 0 radical (unpaired) electrons. The number of carbonyl (C=O) groups excluding carboxylic acids is 1. The Bertz CT molecular complexity index is 1460. The Kier molecular flexibility index (Phi) is 8.03. The van der Waals surface area contributed by atoms with E-state index in [4.69, 9.17) is 11.6 Å². The summed E-state index contributed by atoms with van der Waals surface area (Å²) in [6, 6.07) is 10.2. The Morgan fingerprint density at radius 2 is 1.88 bits per heavy atom. The lowest BCUT2D eigenvalue weighted by atomic mass is 9.83. The molecule has 1 saturated heterocycles. The van der Waals surface area contributed by atoms with Crippen LogP contribution in [0.4, 0.5) is 23.1 Å². The average Bonchev–Trinajstić information content (AvgIpc) is 3.15. The second-order valence-corrected chi connectivity index (χ2v) is 13.0. The molecule has 3 aromatic rings. The van der Waals surface area contributed by atoms with Gasteiger partial charge in [-0.05, 0) is 113 Å². The molecule has 0 atom stereocenters. The summed E-state index contributed by atoms with van der Waals surface area (Å²) in [5.41, 5.74) is 6.41. The summed E-state index contributed by atoms with van der Waals surface area (Å²) in [5.74, 6) is 1.50. The summed E-state index contributed by atoms with van der Waals surface area (Å²) in [6.07, 6.45) is 3.77. The summed E-state index contributed by atoms with van der Waals surface area (Å²) in [5, 5.41) is 20.3. The van der Waals surface area contributed by atoms with Crippen molar-refractivity contribution >= 4 is 40.6 Å². The normalized spacial score (nSPS) is 17.3. The number of aliphatic hydroxyl groups is 1. The SMILES string of the molecule is Cc1c(Nc2ncc(Cl)c(NCc3cccc4c3C(C)(C)C(=O)N4)n2)ccc(C2CCN(CC(C)(C)O)CC2)c1C. The number of carbonyl (C=O) groups is 1. The van der Waals surface area contributed by atoms with Crippen molar-refractivity contribution in [3.8, 4) is 0 Å². The van der Waals surface area contributed by atoms with Crippen molar-refractivity contribution in [1.82, 2.24) is 14.9 Å². The third-order valence-electron chi connectivity index (χ3n) is 8.50. The Morgan fingerprint density at radius 3 is 2.59 bits per heavy atom. The molecule has 5 rings (SSSR count). The van der Waals surface area contributed by atoms with Gasteiger partial charge in [-0.3, -0.25) is 4.79 Å². The van der Waals surface area contributed by atoms with Crippen molar-refractivity contribution in [2.75, 3.05) is 35.6 Å². The second-order valence-electron chi connectivity index (χ2n) is 12.6. The maximum Gasteiger partial charge on any atom is 0.234 e. The molecule has 0 saturated carbocycles. The van der Waals surface area contributed by atoms with Crippen LogP contribution in [0.1, 0.15) is 74.3 Å². The standard InChI is InChI=1S/C32H41ClN6O2/c1-19-20(2)25(11-10-23(19)21-12-14-39(15-13-21)18-31(3,4)41)37-30-35-17-24(33)28(38-30)34-16-22-8-7-9-26-27(22)32(5,6)29(40)36-26/h7-11,17,21,41H,12-16,18H2,1-6H3,(H,36,40)(H2,34,35,37,38). The topological polar surface area (TPSA) is 102 Å². The van der Waals surface area contributed by atoms with Crippen LogP contribution in [-0.4, -0.2) is 51.1 Å². The van der Waals surface area contributed by atoms with Crippen molar-refractivity contribution in [3.05, 3.63) is 69.4 Å². The molecule has 2 aliphatic rings. The molecule has 2 aliphatic heterocycles. The lowest BCUT2D eigenvalue weighted by Gasteiger charge is -2.36. The summed E-state index contributed by atoms with van der Waals surface area (Å²) in [7, 11) is 0. The number of halogens is 1. The van der Waals surface area contributed by atoms with E-state index in [0.717, 1.165) is 48.4 Å². The highest BCUT2D eigenvalue weighted by molar-refractivity contribution is 6.32. The van der Waals surface area contributed by atoms with E-state index in [1.807, 2.05) is 45.9 Å². The average molecular weight is 577 g/mol. The van der Waals surface area contributed by atoms with E-state index >= 15 is 0 Å². The van der Waals surface area contributed by atoms with E-state index in [2.05, 4.69) is 56.8 Å². The fraction of sp³-hybridized carbons (Fsp3) is 0.469. The minimum Gasteiger partial charge on any atom is -0.389 e. The molecule has 41 heavy (non-hydrogen) atoms. The Labute approximate surface area is 247 Å². The minimum atomic E-state index is -0.665. The van der Waals surface area contributed by atoms with Gasteiger partial charge in [0.2, 0.25) is 11.9 Å². The van der Waals surface area contributed by atoms with Gasteiger partial charge >= 0.3 is 0 Å². The number of nitrogens with one attached hydrogen (secondary N) is 3. The highest BCUT2D eigenvalue weighted by Gasteiger charge is 2.40. The van der Waals surface area contributed by atoms with E-state index < -0.39 is 11.0 Å². The largest absolute Gasteiger partial charge is 0.389 e. The molecular weight excluding hydrogens is 536 g/mol. The number of hydrogen-bond donors (Lipinski definition) is 4. The van der Waals surface area contributed by atoms with E-state index in [1.54, 1.807) is 6.20 Å². The molecule has 4 N–H and O–H groups in total. The predicted molar refractivity (Wildman–Crippen MR) is 166 cm³/mol. The van der Waals surface area contributed by atoms with E-state index in [-0.39, 0.29) is 5.91 Å². The molecule has 2 aromatic carbocycles. The molecule has 0 aliphatic carbocycles. The van der Waals surface area contributed by atoms with E-state index in [9.17, 15) is 9.90 Å². The van der Waals surface area contributed by atoms with Gasteiger partial charge in [0.25, 0.3) is 0 Å². The van der Waals surface area contributed by atoms with E-state index in [1.165, 1.54) is 16.7 Å². The first-order chi connectivity index (χ1) is 19.3. The monoisotopic (exact) mass is 576 g/mol. The van der Waals surface area contributed by atoms with Crippen LogP contribution in [0.15, 0.2) is 36.5 Å². The molecule has 1 aromatic heterocycles. The number of piperidine rings is 1. The Balaban J connectivity index is 1.28. The molecule has 8 nitrogen and oxygen atoms in total. The van der Waals surface area contributed by atoms with Crippen LogP contribution in [0, 0.1) is 13.8 Å². The molecule has 3 heterocycles. The molecule has 9 heteroatoms. The second kappa shape index (κ2) is 11.2. The number of aromatic nitrogens is 2. The Morgan fingerprint density at radius 1 is 1.15 bits per heavy atom. The van der Waals surface area contributed by atoms with Gasteiger partial charge in [0.05, 0.1) is 17.2 Å². The summed E-state index contributed by atoms with van der Waals surface area (Å²) < 4.78 is 0. The number of rotatable bonds is 8. The van der Waals surface area contributed by atoms with Crippen LogP contribution >= 0.6 is 11.6 Å². The van der Waals surface area contributed by atoms with Crippen LogP contribution < -0.4 is 16.0 Å². The quantitative estimate of drug-likeness (QED) is 0.250. The fourth-order valence-corrected chi connectivity index (χ4v) is 6.36. The fourth-order valence-electron chi connectivity index (χ4n) is 6.20. The number of nitrogens with zero attached hydrogens (tertiary/aromatic N) is 3. The van der Waals surface area contributed by atoms with Crippen molar-refractivity contribution in [2.45, 2.75) is 77.9 Å². The van der Waals surface area contributed by atoms with Gasteiger partial charge in [-0.1, -0.05) is 29.8 Å². The molecule has 1 amide bonds. The predicted octanol–water partition coefficient (Wildman–Crippen LogP) is 6.28. The highest BCUT2D eigenvalue weighted by Crippen LogP contribution is 2.40. The van der Waals surface area contributed by atoms with Gasteiger partial charge in [0, 0.05) is 24.5 Å². The van der Waals surface area contributed by atoms with Crippen molar-refractivity contribution in [3.63, 3.8) is 0 Å². The van der Waals surface area contributed by atoms with Gasteiger partial charge in [-0.2, -0.15) is 4.98 Å². The van der Waals surface area contributed by atoms with Crippen molar-refractivity contribution in [1.29, 1.82) is 0 Å². The number of hydrogen-bond acceptors (Lipinski definition) is 7. The van der Waals surface area contributed by atoms with E-state index in [0.29, 0.717) is 35.8 Å². The number of benzene rings is 2. The van der Waals surface area contributed by atoms with Gasteiger partial charge in [0.15, 0.2) is 5.82 Å². The first-order valence-corrected chi connectivity index (χ1v) is 14.7. The summed E-state index contributed by atoms with van der Waals surface area (Å²) in [6.45, 7) is 15.1. The van der Waals surface area contributed by atoms with Crippen LogP contribution in [0.3, 0.4) is 0 Å². The number of fused-ring (bicyclic) bond motifs is 1. The number of amides is 1. The van der Waals surface area contributed by atoms with Crippen molar-refractivity contribution < 1.29 is 9.90 Å². The van der Waals surface area contributed by atoms with Gasteiger partial charge in [-0.25, -0.2) is 4.98 Å². The number of anilines is 4. The zero-order valence-electron chi connectivity index (χ0n) is 24.9. The smallest absolute Gasteiger partial charge is 0.234 e. The third kappa shape index (κ3) is 6.20. The van der Waals surface area contributed by atoms with Gasteiger partial charge in [-0.15, -0.1) is 0 Å². The first kappa shape index (κ1) is 29.3. The molecule has 0 spiro atoms. The van der Waals surface area contributed by atoms with Crippen molar-refractivity contribution in [2.24, 2.45) is 0 Å². The molecule has 218 valence electrons. The molecule has 0 bridgehead atoms. The molecule has 1 fully saturated rings.